The molecule has 2 aromatic rings. The van der Waals surface area contributed by atoms with Gasteiger partial charge < -0.3 is 4.74 Å². The molecule has 1 heterocycles. The van der Waals surface area contributed by atoms with Crippen molar-refractivity contribution in [3.05, 3.63) is 46.4 Å². The van der Waals surface area contributed by atoms with Crippen molar-refractivity contribution >= 4 is 11.6 Å². The molecule has 20 heavy (non-hydrogen) atoms. The highest BCUT2D eigenvalue weighted by molar-refractivity contribution is 6.30. The van der Waals surface area contributed by atoms with E-state index in [1.807, 2.05) is 32.9 Å². The number of halogens is 1. The number of benzene rings is 1. The molecule has 0 bridgehead atoms. The van der Waals surface area contributed by atoms with Crippen LogP contribution < -0.4 is 4.74 Å². The molecule has 4 heteroatoms. The van der Waals surface area contributed by atoms with E-state index in [9.17, 15) is 0 Å². The number of aryl methyl sites for hydroxylation is 1. The van der Waals surface area contributed by atoms with Crippen molar-refractivity contribution in [2.24, 2.45) is 0 Å². The van der Waals surface area contributed by atoms with Crippen LogP contribution in [0.4, 0.5) is 0 Å². The van der Waals surface area contributed by atoms with Crippen LogP contribution in [-0.4, -0.2) is 9.97 Å². The average Bonchev–Trinajstić information content (AvgIpc) is 2.44. The van der Waals surface area contributed by atoms with Gasteiger partial charge in [0, 0.05) is 11.5 Å². The normalized spacial score (nSPS) is 10.9. The van der Waals surface area contributed by atoms with Crippen molar-refractivity contribution in [1.29, 1.82) is 0 Å². The Bertz CT molecular complexity index is 594. The molecule has 0 aliphatic heterocycles. The Morgan fingerprint density at radius 1 is 1.15 bits per heavy atom. The van der Waals surface area contributed by atoms with E-state index in [0.29, 0.717) is 16.9 Å². The van der Waals surface area contributed by atoms with Crippen LogP contribution in [0, 0.1) is 6.92 Å². The molecule has 0 saturated heterocycles. The lowest BCUT2D eigenvalue weighted by Gasteiger charge is -2.12. The van der Waals surface area contributed by atoms with Crippen LogP contribution in [0.2, 0.25) is 5.15 Å². The summed E-state index contributed by atoms with van der Waals surface area (Å²) >= 11 is 6.15. The fourth-order valence-corrected chi connectivity index (χ4v) is 1.92. The Hall–Kier alpha value is -1.61. The lowest BCUT2D eigenvalue weighted by atomic mass is 10.2. The summed E-state index contributed by atoms with van der Waals surface area (Å²) in [5, 5.41) is 0.448. The Labute approximate surface area is 125 Å². The van der Waals surface area contributed by atoms with E-state index in [2.05, 4.69) is 29.0 Å². The first-order chi connectivity index (χ1) is 9.51. The van der Waals surface area contributed by atoms with Crippen LogP contribution in [0.15, 0.2) is 24.3 Å². The van der Waals surface area contributed by atoms with Gasteiger partial charge in [0.25, 0.3) is 0 Å². The molecule has 0 amide bonds. The van der Waals surface area contributed by atoms with Crippen molar-refractivity contribution in [3.8, 4) is 11.6 Å². The van der Waals surface area contributed by atoms with Crippen molar-refractivity contribution in [2.75, 3.05) is 0 Å². The minimum absolute atomic E-state index is 0.206. The number of rotatable bonds is 4. The summed E-state index contributed by atoms with van der Waals surface area (Å²) in [6.45, 7) is 8.04. The van der Waals surface area contributed by atoms with Gasteiger partial charge in [0.15, 0.2) is 0 Å². The van der Waals surface area contributed by atoms with Crippen molar-refractivity contribution < 1.29 is 4.74 Å². The lowest BCUT2D eigenvalue weighted by molar-refractivity contribution is 0.452. The van der Waals surface area contributed by atoms with E-state index in [0.717, 1.165) is 17.7 Å². The zero-order valence-corrected chi connectivity index (χ0v) is 13.0. The van der Waals surface area contributed by atoms with Crippen LogP contribution in [0.5, 0.6) is 11.6 Å². The van der Waals surface area contributed by atoms with E-state index in [4.69, 9.17) is 16.3 Å². The first-order valence-corrected chi connectivity index (χ1v) is 7.20. The van der Waals surface area contributed by atoms with E-state index in [-0.39, 0.29) is 5.92 Å². The summed E-state index contributed by atoms with van der Waals surface area (Å²) in [6.07, 6.45) is 1.01. The molecule has 3 nitrogen and oxygen atoms in total. The standard InChI is InChI=1S/C16H19ClN2O/c1-5-12-6-8-13(9-7-12)20-16-11(4)14(17)18-15(19-16)10(2)3/h6-10H,5H2,1-4H3. The maximum atomic E-state index is 6.15. The lowest BCUT2D eigenvalue weighted by Crippen LogP contribution is -2.02. The van der Waals surface area contributed by atoms with Crippen LogP contribution in [-0.2, 0) is 6.42 Å². The van der Waals surface area contributed by atoms with Gasteiger partial charge in [-0.05, 0) is 31.0 Å². The van der Waals surface area contributed by atoms with Gasteiger partial charge in [-0.3, -0.25) is 0 Å². The summed E-state index contributed by atoms with van der Waals surface area (Å²) in [5.41, 5.74) is 2.04. The molecule has 0 saturated carbocycles. The average molecular weight is 291 g/mol. The predicted octanol–water partition coefficient (Wildman–Crippen LogP) is 4.92. The van der Waals surface area contributed by atoms with E-state index < -0.39 is 0 Å². The molecule has 106 valence electrons. The Kier molecular flexibility index (Phi) is 4.61. The quantitative estimate of drug-likeness (QED) is 0.750. The molecule has 0 N–H and O–H groups in total. The monoisotopic (exact) mass is 290 g/mol. The number of hydrogen-bond donors (Lipinski definition) is 0. The molecule has 1 aromatic carbocycles. The predicted molar refractivity (Wildman–Crippen MR) is 81.8 cm³/mol. The van der Waals surface area contributed by atoms with E-state index >= 15 is 0 Å². The molecule has 0 spiro atoms. The highest BCUT2D eigenvalue weighted by atomic mass is 35.5. The van der Waals surface area contributed by atoms with E-state index in [1.54, 1.807) is 0 Å². The summed E-state index contributed by atoms with van der Waals surface area (Å²) in [4.78, 5) is 8.73. The van der Waals surface area contributed by atoms with Crippen LogP contribution in [0.25, 0.3) is 0 Å². The van der Waals surface area contributed by atoms with Gasteiger partial charge in [0.05, 0.1) is 0 Å². The molecule has 1 aromatic heterocycles. The first kappa shape index (κ1) is 14.8. The zero-order chi connectivity index (χ0) is 14.7. The van der Waals surface area contributed by atoms with E-state index in [1.165, 1.54) is 5.56 Å². The number of ether oxygens (including phenoxy) is 1. The molecular weight excluding hydrogens is 272 g/mol. The summed E-state index contributed by atoms with van der Waals surface area (Å²) in [5.74, 6) is 2.19. The molecule has 0 aliphatic rings. The van der Waals surface area contributed by atoms with Gasteiger partial charge in [-0.1, -0.05) is 44.5 Å². The maximum Gasteiger partial charge on any atom is 0.226 e. The van der Waals surface area contributed by atoms with Gasteiger partial charge in [0.2, 0.25) is 5.88 Å². The molecule has 0 fully saturated rings. The second-order valence-electron chi connectivity index (χ2n) is 5.06. The summed E-state index contributed by atoms with van der Waals surface area (Å²) < 4.78 is 5.84. The molecule has 0 unspecified atom stereocenters. The maximum absolute atomic E-state index is 6.15. The third-order valence-corrected chi connectivity index (χ3v) is 3.49. The second-order valence-corrected chi connectivity index (χ2v) is 5.42. The Morgan fingerprint density at radius 3 is 2.35 bits per heavy atom. The summed E-state index contributed by atoms with van der Waals surface area (Å²) in [7, 11) is 0. The Balaban J connectivity index is 2.31. The number of aromatic nitrogens is 2. The third-order valence-electron chi connectivity index (χ3n) is 3.12. The first-order valence-electron chi connectivity index (χ1n) is 6.82. The van der Waals surface area contributed by atoms with Crippen LogP contribution >= 0.6 is 11.6 Å². The fraction of sp³-hybridized carbons (Fsp3) is 0.375. The Morgan fingerprint density at radius 2 is 1.80 bits per heavy atom. The molecule has 0 aliphatic carbocycles. The minimum Gasteiger partial charge on any atom is -0.439 e. The number of nitrogens with zero attached hydrogens (tertiary/aromatic N) is 2. The molecule has 0 atom stereocenters. The molecule has 2 rings (SSSR count). The van der Waals surface area contributed by atoms with Gasteiger partial charge >= 0.3 is 0 Å². The summed E-state index contributed by atoms with van der Waals surface area (Å²) in [6, 6.07) is 8.00. The van der Waals surface area contributed by atoms with Crippen molar-refractivity contribution in [1.82, 2.24) is 9.97 Å². The highest BCUT2D eigenvalue weighted by Crippen LogP contribution is 2.28. The highest BCUT2D eigenvalue weighted by Gasteiger charge is 2.13. The van der Waals surface area contributed by atoms with Gasteiger partial charge in [-0.2, -0.15) is 4.98 Å². The fourth-order valence-electron chi connectivity index (χ4n) is 1.75. The zero-order valence-electron chi connectivity index (χ0n) is 12.3. The van der Waals surface area contributed by atoms with Crippen molar-refractivity contribution in [3.63, 3.8) is 0 Å². The molecular formula is C16H19ClN2O. The largest absolute Gasteiger partial charge is 0.439 e. The smallest absolute Gasteiger partial charge is 0.226 e. The van der Waals surface area contributed by atoms with Gasteiger partial charge in [-0.25, -0.2) is 4.98 Å². The van der Waals surface area contributed by atoms with Gasteiger partial charge in [-0.15, -0.1) is 0 Å². The second kappa shape index (κ2) is 6.23. The topological polar surface area (TPSA) is 35.0 Å². The van der Waals surface area contributed by atoms with Crippen molar-refractivity contribution in [2.45, 2.75) is 40.0 Å². The van der Waals surface area contributed by atoms with Crippen LogP contribution in [0.3, 0.4) is 0 Å². The molecule has 0 radical (unpaired) electrons. The third kappa shape index (κ3) is 3.28. The SMILES string of the molecule is CCc1ccc(Oc2nc(C(C)C)nc(Cl)c2C)cc1. The minimum atomic E-state index is 0.206. The number of hydrogen-bond acceptors (Lipinski definition) is 3. The van der Waals surface area contributed by atoms with Gasteiger partial charge in [0.1, 0.15) is 16.7 Å². The van der Waals surface area contributed by atoms with Crippen LogP contribution in [0.1, 0.15) is 43.6 Å².